The van der Waals surface area contributed by atoms with E-state index < -0.39 is 11.6 Å². The van der Waals surface area contributed by atoms with Crippen molar-refractivity contribution >= 4 is 5.97 Å². The summed E-state index contributed by atoms with van der Waals surface area (Å²) in [7, 11) is 0. The Kier molecular flexibility index (Phi) is 6.00. The fourth-order valence-corrected chi connectivity index (χ4v) is 4.96. The number of aliphatic hydroxyl groups is 1. The molecule has 5 nitrogen and oxygen atoms in total. The van der Waals surface area contributed by atoms with Crippen LogP contribution in [0.2, 0.25) is 0 Å². The largest absolute Gasteiger partial charge is 0.508 e. The first kappa shape index (κ1) is 21.7. The summed E-state index contributed by atoms with van der Waals surface area (Å²) in [5.41, 5.74) is 1.62. The van der Waals surface area contributed by atoms with E-state index in [-0.39, 0.29) is 29.6 Å². The molecule has 2 atom stereocenters. The minimum Gasteiger partial charge on any atom is -0.508 e. The number of allylic oxidation sites excluding steroid dienone is 1. The van der Waals surface area contributed by atoms with Gasteiger partial charge in [0.15, 0.2) is 0 Å². The van der Waals surface area contributed by atoms with Crippen molar-refractivity contribution in [2.24, 2.45) is 5.92 Å². The van der Waals surface area contributed by atoms with Gasteiger partial charge < -0.3 is 20.1 Å². The molecule has 0 saturated heterocycles. The molecule has 160 valence electrons. The van der Waals surface area contributed by atoms with E-state index in [9.17, 15) is 15.0 Å². The number of hydrogen-bond donors (Lipinski definition) is 3. The number of carbonyl (C=O) groups is 1. The Bertz CT molecular complexity index is 806. The minimum absolute atomic E-state index is 0.0634. The first-order valence-electron chi connectivity index (χ1n) is 10.7. The van der Waals surface area contributed by atoms with Crippen LogP contribution in [0.1, 0.15) is 83.3 Å². The van der Waals surface area contributed by atoms with Crippen molar-refractivity contribution in [1.29, 1.82) is 0 Å². The van der Waals surface area contributed by atoms with Crippen LogP contribution < -0.4 is 4.74 Å². The zero-order valence-corrected chi connectivity index (χ0v) is 18.0. The summed E-state index contributed by atoms with van der Waals surface area (Å²) < 4.78 is 6.37. The molecule has 0 aromatic heterocycles. The second kappa shape index (κ2) is 8.02. The van der Waals surface area contributed by atoms with Gasteiger partial charge in [-0.05, 0) is 62.6 Å². The number of phenols is 1. The van der Waals surface area contributed by atoms with Crippen molar-refractivity contribution in [3.05, 3.63) is 34.9 Å². The zero-order valence-electron chi connectivity index (χ0n) is 18.0. The van der Waals surface area contributed by atoms with E-state index in [1.807, 2.05) is 12.1 Å². The lowest BCUT2D eigenvalue weighted by atomic mass is 9.66. The highest BCUT2D eigenvalue weighted by Gasteiger charge is 2.47. The number of ether oxygens (including phenoxy) is 1. The number of carboxylic acid groups (broad SMARTS) is 1. The number of carboxylic acids is 1. The van der Waals surface area contributed by atoms with Gasteiger partial charge in [0.05, 0.1) is 0 Å². The summed E-state index contributed by atoms with van der Waals surface area (Å²) >= 11 is 0. The van der Waals surface area contributed by atoms with E-state index in [4.69, 9.17) is 9.84 Å². The standard InChI is InChI=1S/C24H34O5/c1-23(2,10-6-5-7-11-25)16-13-19(26)21-17-12-15(22(27)28)8-9-18(17)24(3,4)29-20(21)14-16/h8,13-14,17-18,25-26H,5-7,9-12H2,1-4H3,(H,27,28). The molecule has 0 saturated carbocycles. The minimum atomic E-state index is -0.880. The second-order valence-corrected chi connectivity index (χ2v) is 9.72. The van der Waals surface area contributed by atoms with Crippen molar-refractivity contribution in [3.8, 4) is 11.5 Å². The number of aliphatic carboxylic acids is 1. The molecule has 1 heterocycles. The summed E-state index contributed by atoms with van der Waals surface area (Å²) in [6, 6.07) is 3.88. The van der Waals surface area contributed by atoms with Gasteiger partial charge in [-0.15, -0.1) is 0 Å². The Balaban J connectivity index is 1.95. The number of hydrogen-bond acceptors (Lipinski definition) is 4. The van der Waals surface area contributed by atoms with Crippen LogP contribution >= 0.6 is 0 Å². The molecular weight excluding hydrogens is 368 g/mol. The third-order valence-corrected chi connectivity index (χ3v) is 6.82. The van der Waals surface area contributed by atoms with Gasteiger partial charge in [-0.25, -0.2) is 4.79 Å². The van der Waals surface area contributed by atoms with E-state index in [0.717, 1.165) is 36.8 Å². The van der Waals surface area contributed by atoms with Crippen molar-refractivity contribution in [2.75, 3.05) is 6.61 Å². The monoisotopic (exact) mass is 402 g/mol. The number of phenolic OH excluding ortho intramolecular Hbond substituents is 1. The zero-order chi connectivity index (χ0) is 21.4. The van der Waals surface area contributed by atoms with Crippen LogP contribution in [0.5, 0.6) is 11.5 Å². The van der Waals surface area contributed by atoms with E-state index in [0.29, 0.717) is 24.2 Å². The van der Waals surface area contributed by atoms with Crippen LogP contribution in [-0.4, -0.2) is 33.5 Å². The van der Waals surface area contributed by atoms with Gasteiger partial charge >= 0.3 is 5.97 Å². The number of aromatic hydroxyl groups is 1. The van der Waals surface area contributed by atoms with E-state index in [1.165, 1.54) is 0 Å². The predicted octanol–water partition coefficient (Wildman–Crippen LogP) is 4.90. The maximum Gasteiger partial charge on any atom is 0.331 e. The molecule has 0 spiro atoms. The lowest BCUT2D eigenvalue weighted by Crippen LogP contribution is -2.46. The van der Waals surface area contributed by atoms with Gasteiger partial charge in [0.1, 0.15) is 17.1 Å². The average Bonchev–Trinajstić information content (AvgIpc) is 2.64. The molecule has 3 rings (SSSR count). The van der Waals surface area contributed by atoms with E-state index >= 15 is 0 Å². The number of aliphatic hydroxyl groups excluding tert-OH is 1. The van der Waals surface area contributed by atoms with Crippen LogP contribution in [0, 0.1) is 5.92 Å². The van der Waals surface area contributed by atoms with Crippen LogP contribution in [0.15, 0.2) is 23.8 Å². The summed E-state index contributed by atoms with van der Waals surface area (Å²) in [6.07, 6.45) is 6.61. The average molecular weight is 403 g/mol. The summed E-state index contributed by atoms with van der Waals surface area (Å²) in [6.45, 7) is 8.65. The fourth-order valence-electron chi connectivity index (χ4n) is 4.96. The SMILES string of the molecule is CC(C)(CCCCCO)c1cc(O)c2c(c1)OC(C)(C)C1CC=C(C(=O)O)CC21. The van der Waals surface area contributed by atoms with Crippen LogP contribution in [0.3, 0.4) is 0 Å². The first-order valence-corrected chi connectivity index (χ1v) is 10.7. The maximum absolute atomic E-state index is 11.5. The van der Waals surface area contributed by atoms with Crippen LogP contribution in [-0.2, 0) is 10.2 Å². The fraction of sp³-hybridized carbons (Fsp3) is 0.625. The first-order chi connectivity index (χ1) is 13.6. The molecule has 1 aliphatic carbocycles. The van der Waals surface area contributed by atoms with Crippen molar-refractivity contribution in [1.82, 2.24) is 0 Å². The number of rotatable bonds is 7. The van der Waals surface area contributed by atoms with Gasteiger partial charge in [-0.2, -0.15) is 0 Å². The molecule has 2 unspecified atom stereocenters. The maximum atomic E-state index is 11.5. The van der Waals surface area contributed by atoms with Gasteiger partial charge in [0.25, 0.3) is 0 Å². The van der Waals surface area contributed by atoms with Gasteiger partial charge in [-0.1, -0.05) is 32.8 Å². The van der Waals surface area contributed by atoms with Crippen LogP contribution in [0.4, 0.5) is 0 Å². The third kappa shape index (κ3) is 4.30. The Hall–Kier alpha value is -2.01. The second-order valence-electron chi connectivity index (χ2n) is 9.72. The van der Waals surface area contributed by atoms with E-state index in [1.54, 1.807) is 6.08 Å². The molecule has 3 N–H and O–H groups in total. The predicted molar refractivity (Wildman–Crippen MR) is 113 cm³/mol. The van der Waals surface area contributed by atoms with Crippen molar-refractivity contribution in [2.45, 2.75) is 83.2 Å². The normalized spacial score (nSPS) is 22.9. The quantitative estimate of drug-likeness (QED) is 0.565. The molecule has 5 heteroatoms. The molecule has 0 radical (unpaired) electrons. The summed E-state index contributed by atoms with van der Waals surface area (Å²) in [5, 5.41) is 29.4. The van der Waals surface area contributed by atoms with Gasteiger partial charge in [0, 0.05) is 29.6 Å². The van der Waals surface area contributed by atoms with Crippen LogP contribution in [0.25, 0.3) is 0 Å². The number of unbranched alkanes of at least 4 members (excludes halogenated alkanes) is 2. The topological polar surface area (TPSA) is 87.0 Å². The number of fused-ring (bicyclic) bond motifs is 3. The Morgan fingerprint density at radius 3 is 2.62 bits per heavy atom. The number of benzene rings is 1. The third-order valence-electron chi connectivity index (χ3n) is 6.82. The lowest BCUT2D eigenvalue weighted by Gasteiger charge is -2.47. The Labute approximate surface area is 173 Å². The summed E-state index contributed by atoms with van der Waals surface area (Å²) in [5.74, 6) is 0.0710. The smallest absolute Gasteiger partial charge is 0.331 e. The highest BCUT2D eigenvalue weighted by Crippen LogP contribution is 2.55. The Morgan fingerprint density at radius 2 is 1.97 bits per heavy atom. The van der Waals surface area contributed by atoms with Crippen molar-refractivity contribution in [3.63, 3.8) is 0 Å². The van der Waals surface area contributed by atoms with E-state index in [2.05, 4.69) is 27.7 Å². The molecule has 2 aliphatic rings. The molecule has 0 amide bonds. The molecule has 1 aliphatic heterocycles. The molecule has 1 aromatic rings. The lowest BCUT2D eigenvalue weighted by molar-refractivity contribution is -0.133. The molecule has 29 heavy (non-hydrogen) atoms. The molecular formula is C24H34O5. The molecule has 0 fully saturated rings. The molecule has 1 aromatic carbocycles. The summed E-state index contributed by atoms with van der Waals surface area (Å²) in [4.78, 5) is 11.5. The highest BCUT2D eigenvalue weighted by molar-refractivity contribution is 5.87. The highest BCUT2D eigenvalue weighted by atomic mass is 16.5. The van der Waals surface area contributed by atoms with Gasteiger partial charge in [0.2, 0.25) is 0 Å². The molecule has 0 bridgehead atoms. The van der Waals surface area contributed by atoms with Gasteiger partial charge in [-0.3, -0.25) is 0 Å². The van der Waals surface area contributed by atoms with Crippen molar-refractivity contribution < 1.29 is 24.9 Å². The Morgan fingerprint density at radius 1 is 1.24 bits per heavy atom.